The fourth-order valence-electron chi connectivity index (χ4n) is 2.13. The zero-order valence-electron chi connectivity index (χ0n) is 8.51. The molecular weight excluding hydrogens is 164 g/mol. The molecule has 76 valence electrons. The monoisotopic (exact) mass is 184 g/mol. The zero-order chi connectivity index (χ0) is 9.73. The average Bonchev–Trinajstić information content (AvgIpc) is 2.04. The lowest BCUT2D eigenvalue weighted by molar-refractivity contribution is -0.117. The topological polar surface area (TPSA) is 37.3 Å². The van der Waals surface area contributed by atoms with E-state index in [1.165, 1.54) is 6.42 Å². The van der Waals surface area contributed by atoms with E-state index in [0.29, 0.717) is 6.42 Å². The molecule has 1 rings (SSSR count). The Labute approximate surface area is 80.3 Å². The summed E-state index contributed by atoms with van der Waals surface area (Å²) in [6.07, 6.45) is 7.72. The summed E-state index contributed by atoms with van der Waals surface area (Å²) in [7, 11) is 0. The Balaban J connectivity index is 2.21. The molecule has 1 aliphatic rings. The van der Waals surface area contributed by atoms with Crippen LogP contribution < -0.4 is 0 Å². The summed E-state index contributed by atoms with van der Waals surface area (Å²) in [4.78, 5) is 10.7. The molecule has 0 bridgehead atoms. The summed E-state index contributed by atoms with van der Waals surface area (Å²) < 4.78 is 0. The van der Waals surface area contributed by atoms with Crippen LogP contribution in [-0.2, 0) is 4.79 Å². The highest BCUT2D eigenvalue weighted by Gasteiger charge is 2.28. The van der Waals surface area contributed by atoms with Gasteiger partial charge in [-0.3, -0.25) is 0 Å². The average molecular weight is 184 g/mol. The van der Waals surface area contributed by atoms with Crippen molar-refractivity contribution >= 4 is 5.78 Å². The minimum absolute atomic E-state index is 0.236. The number of carbonyl (C=O) groups excluding carboxylic acids is 1. The van der Waals surface area contributed by atoms with Crippen LogP contribution in [0.4, 0.5) is 0 Å². The fraction of sp³-hybridized carbons (Fsp3) is 0.909. The predicted octanol–water partition coefficient (Wildman–Crippen LogP) is 2.44. The van der Waals surface area contributed by atoms with E-state index in [2.05, 4.69) is 0 Å². The molecule has 0 aromatic rings. The first-order valence-corrected chi connectivity index (χ1v) is 5.34. The Hall–Kier alpha value is -0.370. The second kappa shape index (κ2) is 4.75. The normalized spacial score (nSPS) is 21.4. The van der Waals surface area contributed by atoms with Crippen molar-refractivity contribution in [3.8, 4) is 0 Å². The lowest BCUT2D eigenvalue weighted by Crippen LogP contribution is -2.31. The third-order valence-corrected chi connectivity index (χ3v) is 2.96. The first-order valence-electron chi connectivity index (χ1n) is 5.34. The van der Waals surface area contributed by atoms with E-state index in [9.17, 15) is 9.90 Å². The van der Waals surface area contributed by atoms with E-state index >= 15 is 0 Å². The van der Waals surface area contributed by atoms with Crippen molar-refractivity contribution in [1.82, 2.24) is 0 Å². The molecule has 0 aromatic heterocycles. The molecule has 1 N–H and O–H groups in total. The van der Waals surface area contributed by atoms with E-state index in [4.69, 9.17) is 0 Å². The molecule has 1 aliphatic carbocycles. The van der Waals surface area contributed by atoms with Crippen LogP contribution in [0, 0.1) is 0 Å². The van der Waals surface area contributed by atoms with Gasteiger partial charge in [-0.2, -0.15) is 0 Å². The largest absolute Gasteiger partial charge is 0.390 e. The molecule has 0 atom stereocenters. The molecule has 0 radical (unpaired) electrons. The lowest BCUT2D eigenvalue weighted by Gasteiger charge is -2.31. The number of Topliss-reactive ketones (excluding diaryl/α,β-unsaturated/α-hetero) is 1. The lowest BCUT2D eigenvalue weighted by atomic mass is 9.81. The second-order valence-corrected chi connectivity index (χ2v) is 4.34. The fourth-order valence-corrected chi connectivity index (χ4v) is 2.13. The van der Waals surface area contributed by atoms with E-state index < -0.39 is 5.60 Å². The van der Waals surface area contributed by atoms with Crippen LogP contribution in [-0.4, -0.2) is 16.5 Å². The summed E-state index contributed by atoms with van der Waals surface area (Å²) in [5.74, 6) is 0.236. The van der Waals surface area contributed by atoms with Gasteiger partial charge in [0.1, 0.15) is 5.78 Å². The summed E-state index contributed by atoms with van der Waals surface area (Å²) >= 11 is 0. The molecule has 0 heterocycles. The van der Waals surface area contributed by atoms with Crippen LogP contribution in [0.2, 0.25) is 0 Å². The molecule has 13 heavy (non-hydrogen) atoms. The number of hydrogen-bond donors (Lipinski definition) is 1. The minimum Gasteiger partial charge on any atom is -0.390 e. The maximum atomic E-state index is 10.7. The molecular formula is C11H20O2. The number of rotatable bonds is 4. The molecule has 0 spiro atoms. The van der Waals surface area contributed by atoms with Crippen molar-refractivity contribution in [2.45, 2.75) is 63.9 Å². The Morgan fingerprint density at radius 1 is 1.31 bits per heavy atom. The number of aliphatic hydroxyl groups is 1. The summed E-state index contributed by atoms with van der Waals surface area (Å²) in [5, 5.41) is 10.1. The molecule has 0 amide bonds. The maximum Gasteiger partial charge on any atom is 0.129 e. The Kier molecular flexibility index (Phi) is 3.91. The summed E-state index contributed by atoms with van der Waals surface area (Å²) in [5.41, 5.74) is -0.437. The van der Waals surface area contributed by atoms with E-state index in [0.717, 1.165) is 38.5 Å². The molecule has 2 nitrogen and oxygen atoms in total. The molecule has 0 aliphatic heterocycles. The van der Waals surface area contributed by atoms with Gasteiger partial charge in [-0.1, -0.05) is 19.3 Å². The van der Waals surface area contributed by atoms with Crippen LogP contribution in [0.5, 0.6) is 0 Å². The van der Waals surface area contributed by atoms with Crippen LogP contribution in [0.3, 0.4) is 0 Å². The van der Waals surface area contributed by atoms with Crippen LogP contribution >= 0.6 is 0 Å². The summed E-state index contributed by atoms with van der Waals surface area (Å²) in [6.45, 7) is 1.62. The highest BCUT2D eigenvalue weighted by molar-refractivity contribution is 5.75. The molecule has 0 aromatic carbocycles. The molecule has 1 saturated carbocycles. The van der Waals surface area contributed by atoms with Gasteiger partial charge in [0, 0.05) is 6.42 Å². The van der Waals surface area contributed by atoms with Crippen molar-refractivity contribution < 1.29 is 9.90 Å². The Morgan fingerprint density at radius 3 is 2.46 bits per heavy atom. The quantitative estimate of drug-likeness (QED) is 0.728. The van der Waals surface area contributed by atoms with Gasteiger partial charge < -0.3 is 9.90 Å². The van der Waals surface area contributed by atoms with Gasteiger partial charge in [0.05, 0.1) is 5.60 Å². The smallest absolute Gasteiger partial charge is 0.129 e. The highest BCUT2D eigenvalue weighted by Crippen LogP contribution is 2.32. The van der Waals surface area contributed by atoms with Crippen molar-refractivity contribution in [3.63, 3.8) is 0 Å². The second-order valence-electron chi connectivity index (χ2n) is 4.34. The third kappa shape index (κ3) is 3.90. The van der Waals surface area contributed by atoms with Gasteiger partial charge in [0.25, 0.3) is 0 Å². The van der Waals surface area contributed by atoms with Crippen LogP contribution in [0.1, 0.15) is 58.3 Å². The third-order valence-electron chi connectivity index (χ3n) is 2.96. The van der Waals surface area contributed by atoms with Crippen molar-refractivity contribution in [3.05, 3.63) is 0 Å². The van der Waals surface area contributed by atoms with Crippen LogP contribution in [0.25, 0.3) is 0 Å². The molecule has 1 fully saturated rings. The van der Waals surface area contributed by atoms with Crippen LogP contribution in [0.15, 0.2) is 0 Å². The van der Waals surface area contributed by atoms with Gasteiger partial charge in [-0.15, -0.1) is 0 Å². The van der Waals surface area contributed by atoms with Gasteiger partial charge >= 0.3 is 0 Å². The van der Waals surface area contributed by atoms with E-state index in [1.54, 1.807) is 6.92 Å². The molecule has 2 heteroatoms. The van der Waals surface area contributed by atoms with Gasteiger partial charge in [0.2, 0.25) is 0 Å². The van der Waals surface area contributed by atoms with Crippen molar-refractivity contribution in [2.24, 2.45) is 0 Å². The molecule has 0 unspecified atom stereocenters. The number of ketones is 1. The van der Waals surface area contributed by atoms with E-state index in [-0.39, 0.29) is 5.78 Å². The van der Waals surface area contributed by atoms with Crippen molar-refractivity contribution in [1.29, 1.82) is 0 Å². The van der Waals surface area contributed by atoms with Gasteiger partial charge in [0.15, 0.2) is 0 Å². The SMILES string of the molecule is CC(=O)CCCC1(O)CCCCC1. The van der Waals surface area contributed by atoms with Gasteiger partial charge in [-0.05, 0) is 32.6 Å². The standard InChI is InChI=1S/C11H20O2/c1-10(12)6-5-9-11(13)7-3-2-4-8-11/h13H,2-9H2,1H3. The zero-order valence-corrected chi connectivity index (χ0v) is 8.51. The predicted molar refractivity (Wildman–Crippen MR) is 52.6 cm³/mol. The number of hydrogen-bond acceptors (Lipinski definition) is 2. The van der Waals surface area contributed by atoms with E-state index in [1.807, 2.05) is 0 Å². The first kappa shape index (κ1) is 10.7. The first-order chi connectivity index (χ1) is 6.12. The minimum atomic E-state index is -0.437. The number of carbonyl (C=O) groups is 1. The van der Waals surface area contributed by atoms with Gasteiger partial charge in [-0.25, -0.2) is 0 Å². The van der Waals surface area contributed by atoms with Crippen molar-refractivity contribution in [2.75, 3.05) is 0 Å². The summed E-state index contributed by atoms with van der Waals surface area (Å²) in [6, 6.07) is 0. The maximum absolute atomic E-state index is 10.7. The Bertz CT molecular complexity index is 169. The highest BCUT2D eigenvalue weighted by atomic mass is 16.3. The Morgan fingerprint density at radius 2 is 1.92 bits per heavy atom. The molecule has 0 saturated heterocycles.